The van der Waals surface area contributed by atoms with Crippen molar-refractivity contribution in [3.8, 4) is 17.2 Å². The highest BCUT2D eigenvalue weighted by Crippen LogP contribution is 2.29. The number of benzene rings is 2. The minimum absolute atomic E-state index is 0.0351. The maximum absolute atomic E-state index is 12.7. The standard InChI is InChI=1S/C29H38N4O6/c1-23-5-8-25(9-6-23)39-22-29(35)20-31(13-14-32(21-29)28(34)19-36-2)18-24-7-10-26(37-3)27(17-24)38-16-15-33-12-4-11-30-33/h4-12,17,35H,13-16,18-22H2,1-3H3/t29-/m1/s1. The third-order valence-corrected chi connectivity index (χ3v) is 6.61. The number of aliphatic hydroxyl groups is 1. The highest BCUT2D eigenvalue weighted by molar-refractivity contribution is 5.77. The van der Waals surface area contributed by atoms with Crippen molar-refractivity contribution in [1.29, 1.82) is 0 Å². The molecule has 0 spiro atoms. The number of amides is 1. The van der Waals surface area contributed by atoms with Gasteiger partial charge in [0.1, 0.15) is 31.2 Å². The number of hydrogen-bond donors (Lipinski definition) is 1. The molecule has 1 aliphatic rings. The first kappa shape index (κ1) is 28.4. The van der Waals surface area contributed by atoms with Gasteiger partial charge in [-0.25, -0.2) is 0 Å². The van der Waals surface area contributed by atoms with Gasteiger partial charge in [0.2, 0.25) is 5.91 Å². The molecule has 210 valence electrons. The summed E-state index contributed by atoms with van der Waals surface area (Å²) in [7, 11) is 3.11. The summed E-state index contributed by atoms with van der Waals surface area (Å²) in [5.41, 5.74) is 0.853. The monoisotopic (exact) mass is 538 g/mol. The van der Waals surface area contributed by atoms with Gasteiger partial charge in [-0.15, -0.1) is 0 Å². The van der Waals surface area contributed by atoms with E-state index in [1.54, 1.807) is 18.2 Å². The first-order chi connectivity index (χ1) is 18.9. The third-order valence-electron chi connectivity index (χ3n) is 6.61. The molecule has 2 aromatic carbocycles. The summed E-state index contributed by atoms with van der Waals surface area (Å²) in [5.74, 6) is 1.80. The Morgan fingerprint density at radius 1 is 1.05 bits per heavy atom. The molecule has 0 unspecified atom stereocenters. The van der Waals surface area contributed by atoms with E-state index < -0.39 is 5.60 Å². The first-order valence-corrected chi connectivity index (χ1v) is 13.1. The summed E-state index contributed by atoms with van der Waals surface area (Å²) in [6, 6.07) is 15.4. The average Bonchev–Trinajstić information content (AvgIpc) is 3.38. The minimum Gasteiger partial charge on any atom is -0.493 e. The Bertz CT molecular complexity index is 1190. The zero-order valence-corrected chi connectivity index (χ0v) is 22.9. The molecule has 10 heteroatoms. The van der Waals surface area contributed by atoms with Crippen LogP contribution in [0, 0.1) is 6.92 Å². The molecular formula is C29H38N4O6. The number of ether oxygens (including phenoxy) is 4. The molecule has 1 amide bonds. The van der Waals surface area contributed by atoms with E-state index in [0.717, 1.165) is 11.1 Å². The molecule has 1 aromatic heterocycles. The lowest BCUT2D eigenvalue weighted by Crippen LogP contribution is -2.52. The molecule has 1 fully saturated rings. The number of carbonyl (C=O) groups excluding carboxylic acids is 1. The summed E-state index contributed by atoms with van der Waals surface area (Å²) in [6.07, 6.45) is 3.63. The van der Waals surface area contributed by atoms with Crippen LogP contribution >= 0.6 is 0 Å². The lowest BCUT2D eigenvalue weighted by atomic mass is 10.0. The summed E-state index contributed by atoms with van der Waals surface area (Å²) in [6.45, 7) is 5.18. The number of aryl methyl sites for hydroxylation is 1. The zero-order valence-electron chi connectivity index (χ0n) is 22.9. The Morgan fingerprint density at radius 2 is 1.87 bits per heavy atom. The lowest BCUT2D eigenvalue weighted by Gasteiger charge is -2.33. The molecule has 4 rings (SSSR count). The van der Waals surface area contributed by atoms with Crippen molar-refractivity contribution in [2.75, 3.05) is 60.2 Å². The van der Waals surface area contributed by atoms with Gasteiger partial charge < -0.3 is 29.0 Å². The molecule has 3 aromatic rings. The molecule has 1 atom stereocenters. The fourth-order valence-corrected chi connectivity index (χ4v) is 4.62. The molecule has 1 saturated heterocycles. The third kappa shape index (κ3) is 8.19. The average molecular weight is 539 g/mol. The molecular weight excluding hydrogens is 500 g/mol. The van der Waals surface area contributed by atoms with E-state index in [4.69, 9.17) is 18.9 Å². The van der Waals surface area contributed by atoms with Gasteiger partial charge in [0.25, 0.3) is 0 Å². The fraction of sp³-hybridized carbons (Fsp3) is 0.448. The SMILES string of the molecule is COCC(=O)N1CCN(Cc2ccc(OC)c(OCCn3cccn3)c2)C[C@](O)(COc2ccc(C)cc2)C1. The Kier molecular flexibility index (Phi) is 9.80. The molecule has 0 aliphatic carbocycles. The molecule has 1 aliphatic heterocycles. The number of methoxy groups -OCH3 is 2. The van der Waals surface area contributed by atoms with E-state index in [0.29, 0.717) is 56.6 Å². The number of rotatable bonds is 12. The predicted molar refractivity (Wildman–Crippen MR) is 146 cm³/mol. The van der Waals surface area contributed by atoms with Crippen LogP contribution in [0.3, 0.4) is 0 Å². The number of nitrogens with zero attached hydrogens (tertiary/aromatic N) is 4. The van der Waals surface area contributed by atoms with Crippen LogP contribution in [0.2, 0.25) is 0 Å². The van der Waals surface area contributed by atoms with Crippen LogP contribution in [0.25, 0.3) is 0 Å². The van der Waals surface area contributed by atoms with E-state index in [1.807, 2.05) is 66.3 Å². The van der Waals surface area contributed by atoms with Crippen LogP contribution in [-0.2, 0) is 22.6 Å². The molecule has 1 N–H and O–H groups in total. The van der Waals surface area contributed by atoms with Crippen LogP contribution in [-0.4, -0.2) is 96.4 Å². The van der Waals surface area contributed by atoms with Gasteiger partial charge in [0, 0.05) is 45.7 Å². The second kappa shape index (κ2) is 13.5. The Balaban J connectivity index is 1.46. The molecule has 0 saturated carbocycles. The Labute approximate surface area is 229 Å². The van der Waals surface area contributed by atoms with Gasteiger partial charge in [-0.05, 0) is 42.8 Å². The van der Waals surface area contributed by atoms with Crippen molar-refractivity contribution in [3.05, 3.63) is 72.1 Å². The van der Waals surface area contributed by atoms with Gasteiger partial charge in [0.05, 0.1) is 20.2 Å². The van der Waals surface area contributed by atoms with Crippen LogP contribution < -0.4 is 14.2 Å². The number of aromatic nitrogens is 2. The summed E-state index contributed by atoms with van der Waals surface area (Å²) >= 11 is 0. The number of hydrogen-bond acceptors (Lipinski definition) is 8. The summed E-state index contributed by atoms with van der Waals surface area (Å²) < 4.78 is 24.4. The van der Waals surface area contributed by atoms with Gasteiger partial charge in [-0.1, -0.05) is 23.8 Å². The minimum atomic E-state index is -1.28. The second-order valence-corrected chi connectivity index (χ2v) is 9.89. The summed E-state index contributed by atoms with van der Waals surface area (Å²) in [4.78, 5) is 16.5. The van der Waals surface area contributed by atoms with Gasteiger partial charge in [-0.2, -0.15) is 5.10 Å². The normalized spacial score (nSPS) is 18.0. The maximum Gasteiger partial charge on any atom is 0.248 e. The van der Waals surface area contributed by atoms with Crippen LogP contribution in [0.15, 0.2) is 60.9 Å². The Hall–Kier alpha value is -3.60. The Morgan fingerprint density at radius 3 is 2.59 bits per heavy atom. The molecule has 10 nitrogen and oxygen atoms in total. The van der Waals surface area contributed by atoms with Gasteiger partial charge in [-0.3, -0.25) is 14.4 Å². The van der Waals surface area contributed by atoms with Crippen LogP contribution in [0.5, 0.6) is 17.2 Å². The first-order valence-electron chi connectivity index (χ1n) is 13.1. The molecule has 0 bridgehead atoms. The van der Waals surface area contributed by atoms with Crippen LogP contribution in [0.4, 0.5) is 0 Å². The van der Waals surface area contributed by atoms with Gasteiger partial charge in [0.15, 0.2) is 11.5 Å². The lowest BCUT2D eigenvalue weighted by molar-refractivity contribution is -0.138. The topological polar surface area (TPSA) is 98.5 Å². The van der Waals surface area contributed by atoms with Gasteiger partial charge >= 0.3 is 0 Å². The fourth-order valence-electron chi connectivity index (χ4n) is 4.62. The van der Waals surface area contributed by atoms with Crippen molar-refractivity contribution in [2.24, 2.45) is 0 Å². The highest BCUT2D eigenvalue weighted by Gasteiger charge is 2.37. The molecule has 0 radical (unpaired) electrons. The number of carbonyl (C=O) groups is 1. The quantitative estimate of drug-likeness (QED) is 0.375. The van der Waals surface area contributed by atoms with E-state index in [-0.39, 0.29) is 25.7 Å². The molecule has 39 heavy (non-hydrogen) atoms. The maximum atomic E-state index is 12.7. The second-order valence-electron chi connectivity index (χ2n) is 9.89. The van der Waals surface area contributed by atoms with Crippen molar-refractivity contribution in [3.63, 3.8) is 0 Å². The van der Waals surface area contributed by atoms with Crippen molar-refractivity contribution < 1.29 is 28.8 Å². The number of β-amino-alcohol motifs (C(OH)–C–C–N with tert-alkyl or cyclic N) is 1. The predicted octanol–water partition coefficient (Wildman–Crippen LogP) is 2.38. The van der Waals surface area contributed by atoms with Crippen molar-refractivity contribution in [1.82, 2.24) is 19.6 Å². The van der Waals surface area contributed by atoms with Crippen molar-refractivity contribution in [2.45, 2.75) is 25.6 Å². The smallest absolute Gasteiger partial charge is 0.248 e. The van der Waals surface area contributed by atoms with E-state index in [2.05, 4.69) is 10.00 Å². The van der Waals surface area contributed by atoms with Crippen LogP contribution in [0.1, 0.15) is 11.1 Å². The van der Waals surface area contributed by atoms with E-state index in [9.17, 15) is 9.90 Å². The summed E-state index contributed by atoms with van der Waals surface area (Å²) in [5, 5.41) is 15.9. The zero-order chi connectivity index (χ0) is 27.7. The van der Waals surface area contributed by atoms with Crippen molar-refractivity contribution >= 4 is 5.91 Å². The highest BCUT2D eigenvalue weighted by atomic mass is 16.5. The van der Waals surface area contributed by atoms with E-state index >= 15 is 0 Å². The largest absolute Gasteiger partial charge is 0.493 e. The molecule has 2 heterocycles. The van der Waals surface area contributed by atoms with E-state index in [1.165, 1.54) is 7.11 Å².